The Morgan fingerprint density at radius 3 is 1.19 bits per heavy atom. The second-order valence-corrected chi connectivity index (χ2v) is 8.68. The minimum atomic E-state index is -0.791. The van der Waals surface area contributed by atoms with Crippen molar-refractivity contribution in [3.8, 4) is 11.5 Å². The molecule has 36 heavy (non-hydrogen) atoms. The van der Waals surface area contributed by atoms with Gasteiger partial charge in [-0.15, -0.1) is 0 Å². The summed E-state index contributed by atoms with van der Waals surface area (Å²) in [6.07, 6.45) is 0. The van der Waals surface area contributed by atoms with E-state index in [9.17, 15) is 30.4 Å². The van der Waals surface area contributed by atoms with Gasteiger partial charge in [0.05, 0.1) is 39.4 Å². The van der Waals surface area contributed by atoms with Gasteiger partial charge in [-0.2, -0.15) is 10.1 Å². The predicted molar refractivity (Wildman–Crippen MR) is 125 cm³/mol. The molecule has 0 unspecified atom stereocenters. The van der Waals surface area contributed by atoms with Crippen LogP contribution < -0.4 is 9.47 Å². The van der Waals surface area contributed by atoms with Crippen LogP contribution in [0.5, 0.6) is 11.5 Å². The van der Waals surface area contributed by atoms with Gasteiger partial charge in [0.15, 0.2) is 0 Å². The number of amides is 4. The maximum atomic E-state index is 11.3. The molecule has 2 fully saturated rings. The molecule has 0 saturated carbocycles. The van der Waals surface area contributed by atoms with E-state index in [4.69, 9.17) is 9.47 Å². The van der Waals surface area contributed by atoms with E-state index in [2.05, 4.69) is 0 Å². The summed E-state index contributed by atoms with van der Waals surface area (Å²) in [5, 5.41) is 40.0. The standard InChI is InChI=1S/2C12H16N2O4/c2*1-8(9-3-5-10(18-2)6-4-9)11-7-13(16)12(15)14(11)17/h2*3-6,8,11,16-17H,7H2,1-2H3/t2*8-,11-/m11/s1. The first-order chi connectivity index (χ1) is 17.1. The number of carbonyl (C=O) groups excluding carboxylic acids is 2. The monoisotopic (exact) mass is 504 g/mol. The molecule has 4 N–H and O–H groups in total. The Balaban J connectivity index is 0.000000201. The molecule has 2 aromatic carbocycles. The molecular formula is C24H32N4O8. The lowest BCUT2D eigenvalue weighted by molar-refractivity contribution is -0.0738. The summed E-state index contributed by atoms with van der Waals surface area (Å²) in [5.74, 6) is 1.31. The Morgan fingerprint density at radius 1 is 0.667 bits per heavy atom. The second-order valence-electron chi connectivity index (χ2n) is 8.68. The van der Waals surface area contributed by atoms with E-state index >= 15 is 0 Å². The van der Waals surface area contributed by atoms with E-state index in [-0.39, 0.29) is 24.9 Å². The number of benzene rings is 2. The molecule has 2 aliphatic rings. The Bertz CT molecular complexity index is 952. The maximum absolute atomic E-state index is 11.3. The molecule has 0 aliphatic carbocycles. The lowest BCUT2D eigenvalue weighted by Gasteiger charge is -2.22. The van der Waals surface area contributed by atoms with Crippen molar-refractivity contribution < 1.29 is 39.9 Å². The van der Waals surface area contributed by atoms with E-state index in [1.165, 1.54) is 0 Å². The summed E-state index contributed by atoms with van der Waals surface area (Å²) in [4.78, 5) is 22.6. The van der Waals surface area contributed by atoms with Gasteiger partial charge < -0.3 is 9.47 Å². The topological polar surface area (TPSA) is 146 Å². The molecule has 12 heteroatoms. The molecule has 0 bridgehead atoms. The summed E-state index contributed by atoms with van der Waals surface area (Å²) < 4.78 is 10.1. The zero-order valence-electron chi connectivity index (χ0n) is 20.6. The van der Waals surface area contributed by atoms with Gasteiger partial charge in [0.25, 0.3) is 0 Å². The minimum absolute atomic E-state index is 0.0858. The van der Waals surface area contributed by atoms with E-state index in [0.29, 0.717) is 20.3 Å². The fourth-order valence-corrected chi connectivity index (χ4v) is 4.18. The fourth-order valence-electron chi connectivity index (χ4n) is 4.18. The molecule has 4 amide bonds. The molecule has 2 aliphatic heterocycles. The summed E-state index contributed by atoms with van der Waals surface area (Å²) in [6.45, 7) is 3.95. The zero-order chi connectivity index (χ0) is 26.6. The van der Waals surface area contributed by atoms with Crippen molar-refractivity contribution in [1.29, 1.82) is 0 Å². The molecule has 4 atom stereocenters. The molecule has 2 aromatic rings. The third-order valence-corrected chi connectivity index (χ3v) is 6.62. The lowest BCUT2D eigenvalue weighted by atomic mass is 9.93. The third kappa shape index (κ3) is 5.62. The van der Waals surface area contributed by atoms with Crippen LogP contribution in [0.2, 0.25) is 0 Å². The molecule has 0 spiro atoms. The van der Waals surface area contributed by atoms with Gasteiger partial charge in [0.1, 0.15) is 11.5 Å². The summed E-state index contributed by atoms with van der Waals surface area (Å²) in [7, 11) is 3.18. The molecule has 0 radical (unpaired) electrons. The number of carbonyl (C=O) groups is 2. The molecule has 4 rings (SSSR count). The average Bonchev–Trinajstić information content (AvgIpc) is 3.32. The van der Waals surface area contributed by atoms with Crippen LogP contribution in [0.1, 0.15) is 36.8 Å². The normalized spacial score (nSPS) is 21.3. The van der Waals surface area contributed by atoms with Gasteiger partial charge in [0.2, 0.25) is 0 Å². The Kier molecular flexibility index (Phi) is 8.58. The van der Waals surface area contributed by atoms with Crippen molar-refractivity contribution in [2.75, 3.05) is 27.3 Å². The molecule has 2 heterocycles. The van der Waals surface area contributed by atoms with Crippen molar-refractivity contribution in [3.63, 3.8) is 0 Å². The van der Waals surface area contributed by atoms with Crippen molar-refractivity contribution in [1.82, 2.24) is 20.3 Å². The van der Waals surface area contributed by atoms with Crippen molar-refractivity contribution in [3.05, 3.63) is 59.7 Å². The molecule has 0 aromatic heterocycles. The quantitative estimate of drug-likeness (QED) is 0.438. The number of ether oxygens (including phenoxy) is 2. The first-order valence-electron chi connectivity index (χ1n) is 11.3. The van der Waals surface area contributed by atoms with Crippen LogP contribution in [-0.4, -0.2) is 92.5 Å². The number of rotatable bonds is 6. The number of hydroxylamine groups is 8. The van der Waals surface area contributed by atoms with Gasteiger partial charge in [-0.1, -0.05) is 38.1 Å². The first kappa shape index (κ1) is 27.0. The van der Waals surface area contributed by atoms with Crippen LogP contribution in [-0.2, 0) is 0 Å². The fraction of sp³-hybridized carbons (Fsp3) is 0.417. The number of hydrogen-bond donors (Lipinski definition) is 4. The number of methoxy groups -OCH3 is 2. The van der Waals surface area contributed by atoms with Crippen LogP contribution in [0.15, 0.2) is 48.5 Å². The molecule has 196 valence electrons. The highest BCUT2D eigenvalue weighted by Crippen LogP contribution is 2.29. The van der Waals surface area contributed by atoms with Crippen LogP contribution in [0, 0.1) is 0 Å². The molecule has 2 saturated heterocycles. The second kappa shape index (κ2) is 11.4. The SMILES string of the molecule is COc1ccc([C@@H](C)[C@H]2CN(O)C(=O)N2O)cc1.COc1ccc([C@@H](C)[C@H]2CN(O)C(=O)N2O)cc1. The van der Waals surface area contributed by atoms with Gasteiger partial charge in [-0.05, 0) is 35.4 Å². The zero-order valence-corrected chi connectivity index (χ0v) is 20.6. The van der Waals surface area contributed by atoms with Gasteiger partial charge in [-0.25, -0.2) is 19.7 Å². The summed E-state index contributed by atoms with van der Waals surface area (Å²) >= 11 is 0. The van der Waals surface area contributed by atoms with Crippen LogP contribution >= 0.6 is 0 Å². The molecular weight excluding hydrogens is 472 g/mol. The minimum Gasteiger partial charge on any atom is -0.497 e. The van der Waals surface area contributed by atoms with Gasteiger partial charge in [0, 0.05) is 11.8 Å². The number of hydrogen-bond acceptors (Lipinski definition) is 8. The average molecular weight is 505 g/mol. The van der Waals surface area contributed by atoms with Crippen molar-refractivity contribution in [2.24, 2.45) is 0 Å². The largest absolute Gasteiger partial charge is 0.497 e. The van der Waals surface area contributed by atoms with Gasteiger partial charge in [-0.3, -0.25) is 20.8 Å². The Hall–Kier alpha value is -3.58. The highest BCUT2D eigenvalue weighted by molar-refractivity contribution is 5.75. The summed E-state index contributed by atoms with van der Waals surface area (Å²) in [5.41, 5.74) is 1.92. The smallest absolute Gasteiger partial charge is 0.367 e. The van der Waals surface area contributed by atoms with Crippen molar-refractivity contribution >= 4 is 12.1 Å². The van der Waals surface area contributed by atoms with E-state index in [1.807, 2.05) is 62.4 Å². The summed E-state index contributed by atoms with van der Waals surface area (Å²) in [6, 6.07) is 12.3. The van der Waals surface area contributed by atoms with E-state index in [0.717, 1.165) is 22.6 Å². The first-order valence-corrected chi connectivity index (χ1v) is 11.3. The van der Waals surface area contributed by atoms with E-state index in [1.54, 1.807) is 14.2 Å². The van der Waals surface area contributed by atoms with Crippen LogP contribution in [0.4, 0.5) is 9.59 Å². The number of nitrogens with zero attached hydrogens (tertiary/aromatic N) is 4. The molecule has 12 nitrogen and oxygen atoms in total. The number of urea groups is 2. The van der Waals surface area contributed by atoms with Crippen molar-refractivity contribution in [2.45, 2.75) is 37.8 Å². The third-order valence-electron chi connectivity index (χ3n) is 6.62. The predicted octanol–water partition coefficient (Wildman–Crippen LogP) is 3.37. The van der Waals surface area contributed by atoms with Crippen LogP contribution in [0.25, 0.3) is 0 Å². The van der Waals surface area contributed by atoms with Crippen LogP contribution in [0.3, 0.4) is 0 Å². The lowest BCUT2D eigenvalue weighted by Crippen LogP contribution is -2.34. The van der Waals surface area contributed by atoms with E-state index < -0.39 is 24.1 Å². The maximum Gasteiger partial charge on any atom is 0.367 e. The Morgan fingerprint density at radius 2 is 0.972 bits per heavy atom. The highest BCUT2D eigenvalue weighted by atomic mass is 16.6. The Labute approximate surface area is 208 Å². The highest BCUT2D eigenvalue weighted by Gasteiger charge is 2.40. The van der Waals surface area contributed by atoms with Gasteiger partial charge >= 0.3 is 12.1 Å².